The van der Waals surface area contributed by atoms with Gasteiger partial charge in [0.1, 0.15) is 0 Å². The van der Waals surface area contributed by atoms with Gasteiger partial charge < -0.3 is 10.2 Å². The lowest BCUT2D eigenvalue weighted by atomic mass is 9.66. The number of carbonyl (C=O) groups is 2. The molecule has 4 heteroatoms. The van der Waals surface area contributed by atoms with Gasteiger partial charge in [0.2, 0.25) is 11.8 Å². The molecule has 1 aliphatic heterocycles. The first-order valence-electron chi connectivity index (χ1n) is 11.5. The van der Waals surface area contributed by atoms with Gasteiger partial charge in [0.25, 0.3) is 0 Å². The third kappa shape index (κ3) is 4.22. The van der Waals surface area contributed by atoms with E-state index in [1.807, 2.05) is 6.07 Å². The molecule has 1 N–H and O–H groups in total. The molecular formula is C25H36N2O2. The maximum absolute atomic E-state index is 12.9. The van der Waals surface area contributed by atoms with Gasteiger partial charge in [0.15, 0.2) is 0 Å². The van der Waals surface area contributed by atoms with Gasteiger partial charge in [-0.15, -0.1) is 0 Å². The predicted octanol–water partition coefficient (Wildman–Crippen LogP) is 4.43. The van der Waals surface area contributed by atoms with Gasteiger partial charge in [-0.1, -0.05) is 51.1 Å². The number of nitrogens with zero attached hydrogens (tertiary/aromatic N) is 1. The number of likely N-dealkylation sites (tertiary alicyclic amines) is 1. The Hall–Kier alpha value is -1.84. The van der Waals surface area contributed by atoms with Crippen LogP contribution in [0.2, 0.25) is 0 Å². The van der Waals surface area contributed by atoms with Crippen LogP contribution in [0.1, 0.15) is 77.7 Å². The number of nitrogens with one attached hydrogen (secondary N) is 1. The van der Waals surface area contributed by atoms with Gasteiger partial charge in [0, 0.05) is 30.5 Å². The third-order valence-corrected chi connectivity index (χ3v) is 7.69. The minimum atomic E-state index is -0.00696. The molecule has 4 nitrogen and oxygen atoms in total. The number of rotatable bonds is 6. The molecular weight excluding hydrogens is 360 g/mol. The lowest BCUT2D eigenvalue weighted by molar-refractivity contribution is -0.149. The van der Waals surface area contributed by atoms with E-state index in [1.165, 1.54) is 12.0 Å². The van der Waals surface area contributed by atoms with Crippen molar-refractivity contribution in [2.45, 2.75) is 89.1 Å². The van der Waals surface area contributed by atoms with Crippen LogP contribution in [0.5, 0.6) is 0 Å². The molecule has 158 valence electrons. The van der Waals surface area contributed by atoms with Gasteiger partial charge >= 0.3 is 0 Å². The largest absolute Gasteiger partial charge is 0.353 e. The van der Waals surface area contributed by atoms with Crippen molar-refractivity contribution in [1.82, 2.24) is 10.2 Å². The summed E-state index contributed by atoms with van der Waals surface area (Å²) in [4.78, 5) is 27.7. The molecule has 2 aliphatic carbocycles. The van der Waals surface area contributed by atoms with Gasteiger partial charge in [0.05, 0.1) is 0 Å². The summed E-state index contributed by atoms with van der Waals surface area (Å²) in [6.07, 6.45) is 7.76. The Morgan fingerprint density at radius 1 is 1.17 bits per heavy atom. The lowest BCUT2D eigenvalue weighted by Crippen LogP contribution is -2.66. The van der Waals surface area contributed by atoms with Crippen LogP contribution in [0, 0.1) is 11.8 Å². The van der Waals surface area contributed by atoms with Crippen LogP contribution in [-0.4, -0.2) is 34.8 Å². The molecule has 3 aliphatic rings. The van der Waals surface area contributed by atoms with Crippen molar-refractivity contribution in [2.24, 2.45) is 11.8 Å². The molecule has 4 rings (SSSR count). The summed E-state index contributed by atoms with van der Waals surface area (Å²) < 4.78 is 0. The zero-order valence-electron chi connectivity index (χ0n) is 18.2. The topological polar surface area (TPSA) is 49.4 Å². The van der Waals surface area contributed by atoms with Crippen LogP contribution in [0.25, 0.3) is 0 Å². The average Bonchev–Trinajstić information content (AvgIpc) is 3.42. The van der Waals surface area contributed by atoms with Crippen molar-refractivity contribution < 1.29 is 9.59 Å². The highest BCUT2D eigenvalue weighted by molar-refractivity contribution is 5.83. The van der Waals surface area contributed by atoms with E-state index in [1.54, 1.807) is 0 Å². The zero-order chi connectivity index (χ0) is 20.6. The number of benzene rings is 1. The highest BCUT2D eigenvalue weighted by atomic mass is 16.2. The van der Waals surface area contributed by atoms with Gasteiger partial charge in [-0.2, -0.15) is 0 Å². The van der Waals surface area contributed by atoms with E-state index in [-0.39, 0.29) is 28.8 Å². The Kier molecular flexibility index (Phi) is 5.48. The molecule has 0 aromatic heterocycles. The van der Waals surface area contributed by atoms with Crippen LogP contribution in [0.3, 0.4) is 0 Å². The Balaban J connectivity index is 1.27. The summed E-state index contributed by atoms with van der Waals surface area (Å²) in [6.45, 7) is 7.50. The molecule has 1 aromatic rings. The highest BCUT2D eigenvalue weighted by Gasteiger charge is 2.54. The standard InChI is InChI=1S/C25H36N2O2/c1-18-15-21(18)23(29)27-14-8-7-12-25(27)16-20(17-25)26-22(28)11-13-24(2,3)19-9-5-4-6-10-19/h4-6,9-10,18,20-21H,7-8,11-17H2,1-3H3,(H,26,28)/t18-,20?,21-,25?/m1/s1. The average molecular weight is 397 g/mol. The van der Waals surface area contributed by atoms with Crippen molar-refractivity contribution in [1.29, 1.82) is 0 Å². The summed E-state index contributed by atoms with van der Waals surface area (Å²) in [5.74, 6) is 1.36. The van der Waals surface area contributed by atoms with E-state index in [0.717, 1.165) is 45.1 Å². The second-order valence-electron chi connectivity index (χ2n) is 10.4. The molecule has 1 heterocycles. The number of hydrogen-bond acceptors (Lipinski definition) is 2. The van der Waals surface area contributed by atoms with Gasteiger partial charge in [-0.25, -0.2) is 0 Å². The molecule has 0 unspecified atom stereocenters. The molecule has 29 heavy (non-hydrogen) atoms. The van der Waals surface area contributed by atoms with Gasteiger partial charge in [-0.05, 0) is 61.8 Å². The molecule has 0 bridgehead atoms. The Morgan fingerprint density at radius 2 is 1.86 bits per heavy atom. The van der Waals surface area contributed by atoms with Crippen LogP contribution < -0.4 is 5.32 Å². The van der Waals surface area contributed by atoms with Crippen molar-refractivity contribution in [3.8, 4) is 0 Å². The van der Waals surface area contributed by atoms with Crippen LogP contribution in [0.15, 0.2) is 30.3 Å². The summed E-state index contributed by atoms with van der Waals surface area (Å²) in [5.41, 5.74) is 1.30. The van der Waals surface area contributed by atoms with E-state index in [2.05, 4.69) is 55.3 Å². The van der Waals surface area contributed by atoms with Crippen molar-refractivity contribution in [2.75, 3.05) is 6.54 Å². The van der Waals surface area contributed by atoms with E-state index in [9.17, 15) is 9.59 Å². The summed E-state index contributed by atoms with van der Waals surface area (Å²) >= 11 is 0. The van der Waals surface area contributed by atoms with Crippen molar-refractivity contribution in [3.05, 3.63) is 35.9 Å². The number of carbonyl (C=O) groups excluding carboxylic acids is 2. The summed E-state index contributed by atoms with van der Waals surface area (Å²) in [7, 11) is 0. The summed E-state index contributed by atoms with van der Waals surface area (Å²) in [5, 5.41) is 3.25. The third-order valence-electron chi connectivity index (χ3n) is 7.69. The van der Waals surface area contributed by atoms with Crippen molar-refractivity contribution >= 4 is 11.8 Å². The molecule has 2 atom stereocenters. The first-order chi connectivity index (χ1) is 13.8. The summed E-state index contributed by atoms with van der Waals surface area (Å²) in [6, 6.07) is 10.7. The maximum atomic E-state index is 12.9. The van der Waals surface area contributed by atoms with Crippen LogP contribution >= 0.6 is 0 Å². The SMILES string of the molecule is C[C@@H]1C[C@H]1C(=O)N1CCCCC12CC(NC(=O)CCC(C)(C)c1ccccc1)C2. The second kappa shape index (κ2) is 7.77. The fourth-order valence-electron chi connectivity index (χ4n) is 5.45. The molecule has 2 saturated carbocycles. The van der Waals surface area contributed by atoms with E-state index < -0.39 is 0 Å². The monoisotopic (exact) mass is 396 g/mol. The van der Waals surface area contributed by atoms with Crippen molar-refractivity contribution in [3.63, 3.8) is 0 Å². The zero-order valence-corrected chi connectivity index (χ0v) is 18.2. The number of hydrogen-bond donors (Lipinski definition) is 1. The maximum Gasteiger partial charge on any atom is 0.226 e. The molecule has 1 saturated heterocycles. The lowest BCUT2D eigenvalue weighted by Gasteiger charge is -2.57. The molecule has 2 amide bonds. The predicted molar refractivity (Wildman–Crippen MR) is 115 cm³/mol. The highest BCUT2D eigenvalue weighted by Crippen LogP contribution is 2.48. The Labute approximate surface area is 175 Å². The smallest absolute Gasteiger partial charge is 0.226 e. The Bertz CT molecular complexity index is 751. The molecule has 3 fully saturated rings. The second-order valence-corrected chi connectivity index (χ2v) is 10.4. The quantitative estimate of drug-likeness (QED) is 0.773. The van der Waals surface area contributed by atoms with E-state index in [0.29, 0.717) is 18.2 Å². The normalized spacial score (nSPS) is 31.3. The Morgan fingerprint density at radius 3 is 2.52 bits per heavy atom. The minimum absolute atomic E-state index is 0.00696. The van der Waals surface area contributed by atoms with Crippen LogP contribution in [-0.2, 0) is 15.0 Å². The first-order valence-corrected chi connectivity index (χ1v) is 11.5. The number of amides is 2. The van der Waals surface area contributed by atoms with Gasteiger partial charge in [-0.3, -0.25) is 9.59 Å². The number of piperidine rings is 1. The van der Waals surface area contributed by atoms with Crippen LogP contribution in [0.4, 0.5) is 0 Å². The van der Waals surface area contributed by atoms with E-state index >= 15 is 0 Å². The van der Waals surface area contributed by atoms with E-state index in [4.69, 9.17) is 0 Å². The first kappa shape index (κ1) is 20.4. The fraction of sp³-hybridized carbons (Fsp3) is 0.680. The fourth-order valence-corrected chi connectivity index (χ4v) is 5.45. The molecule has 0 radical (unpaired) electrons. The molecule has 1 aromatic carbocycles. The molecule has 1 spiro atoms. The minimum Gasteiger partial charge on any atom is -0.353 e.